The fourth-order valence-corrected chi connectivity index (χ4v) is 7.05. The minimum Gasteiger partial charge on any atom is -0.447 e. The topological polar surface area (TPSA) is 189 Å². The number of alkyl carbamates (subject to hydrolysis) is 1. The Morgan fingerprint density at radius 2 is 1.55 bits per heavy atom. The van der Waals surface area contributed by atoms with Crippen LogP contribution in [0.3, 0.4) is 0 Å². The Labute approximate surface area is 279 Å². The van der Waals surface area contributed by atoms with E-state index in [0.29, 0.717) is 25.9 Å². The summed E-state index contributed by atoms with van der Waals surface area (Å²) in [4.78, 5) is 80.2. The van der Waals surface area contributed by atoms with E-state index in [1.807, 2.05) is 34.6 Å². The third kappa shape index (κ3) is 10.6. The first kappa shape index (κ1) is 38.1. The van der Waals surface area contributed by atoms with Crippen molar-refractivity contribution in [3.63, 3.8) is 0 Å². The third-order valence-corrected chi connectivity index (χ3v) is 10.2. The lowest BCUT2D eigenvalue weighted by Crippen LogP contribution is -2.61. The lowest BCUT2D eigenvalue weighted by Gasteiger charge is -2.37. The molecule has 3 aliphatic rings. The second kappa shape index (κ2) is 17.1. The molecule has 6 amide bonds. The second-order valence-electron chi connectivity index (χ2n) is 15.0. The number of nitrogens with zero attached hydrogens (tertiary/aromatic N) is 1. The van der Waals surface area contributed by atoms with Crippen LogP contribution in [-0.4, -0.2) is 84.4 Å². The summed E-state index contributed by atoms with van der Waals surface area (Å²) in [5.74, 6) is -2.74. The molecule has 0 radical (unpaired) electrons. The van der Waals surface area contributed by atoms with Gasteiger partial charge < -0.3 is 36.6 Å². The van der Waals surface area contributed by atoms with Crippen LogP contribution in [-0.2, 0) is 23.9 Å². The molecular weight excluding hydrogens is 604 g/mol. The summed E-state index contributed by atoms with van der Waals surface area (Å²) < 4.78 is 5.33. The number of carbonyl (C=O) groups excluding carboxylic acids is 6. The average molecular weight is 663 g/mol. The number of hydrogen-bond donors (Lipinski definition) is 5. The van der Waals surface area contributed by atoms with Gasteiger partial charge in [0.05, 0.1) is 12.1 Å². The molecule has 1 saturated heterocycles. The molecule has 6 N–H and O–H groups in total. The third-order valence-electron chi connectivity index (χ3n) is 10.2. The van der Waals surface area contributed by atoms with Crippen molar-refractivity contribution in [2.75, 3.05) is 19.7 Å². The zero-order valence-electron chi connectivity index (χ0n) is 29.2. The van der Waals surface area contributed by atoms with E-state index in [-0.39, 0.29) is 36.2 Å². The largest absolute Gasteiger partial charge is 0.447 e. The van der Waals surface area contributed by atoms with E-state index >= 15 is 0 Å². The Hall–Kier alpha value is -3.38. The van der Waals surface area contributed by atoms with Gasteiger partial charge in [0.25, 0.3) is 5.91 Å². The lowest BCUT2D eigenvalue weighted by molar-refractivity contribution is -0.144. The maximum atomic E-state index is 14.5. The molecule has 13 heteroatoms. The number of ether oxygens (including phenoxy) is 1. The van der Waals surface area contributed by atoms with Crippen LogP contribution in [0.4, 0.5) is 9.59 Å². The average Bonchev–Trinajstić information content (AvgIpc) is 3.44. The Balaban J connectivity index is 1.83. The van der Waals surface area contributed by atoms with Gasteiger partial charge in [0, 0.05) is 13.1 Å². The van der Waals surface area contributed by atoms with E-state index in [9.17, 15) is 28.8 Å². The monoisotopic (exact) mass is 662 g/mol. The van der Waals surface area contributed by atoms with Gasteiger partial charge in [-0.25, -0.2) is 9.59 Å². The molecule has 1 aliphatic heterocycles. The first-order valence-electron chi connectivity index (χ1n) is 17.6. The van der Waals surface area contributed by atoms with E-state index < -0.39 is 59.3 Å². The van der Waals surface area contributed by atoms with Crippen molar-refractivity contribution >= 4 is 35.6 Å². The number of urea groups is 1. The van der Waals surface area contributed by atoms with Crippen molar-refractivity contribution in [3.8, 4) is 0 Å². The molecule has 0 aromatic rings. The van der Waals surface area contributed by atoms with Crippen molar-refractivity contribution in [1.29, 1.82) is 0 Å². The van der Waals surface area contributed by atoms with Crippen LogP contribution in [0.15, 0.2) is 0 Å². The van der Waals surface area contributed by atoms with Gasteiger partial charge in [-0.1, -0.05) is 73.1 Å². The van der Waals surface area contributed by atoms with Crippen molar-refractivity contribution in [3.05, 3.63) is 0 Å². The van der Waals surface area contributed by atoms with Gasteiger partial charge in [0.15, 0.2) is 0 Å². The molecule has 13 nitrogen and oxygen atoms in total. The molecular formula is C34H58N6O7. The summed E-state index contributed by atoms with van der Waals surface area (Å²) in [5, 5.41) is 11.3. The summed E-state index contributed by atoms with van der Waals surface area (Å²) in [5.41, 5.74) is 4.89. The summed E-state index contributed by atoms with van der Waals surface area (Å²) in [6, 6.07) is -3.88. The fourth-order valence-electron chi connectivity index (χ4n) is 7.05. The molecule has 1 heterocycles. The highest BCUT2D eigenvalue weighted by molar-refractivity contribution is 6.37. The Bertz CT molecular complexity index is 1130. The Morgan fingerprint density at radius 1 is 0.894 bits per heavy atom. The van der Waals surface area contributed by atoms with Gasteiger partial charge in [-0.05, 0) is 61.7 Å². The van der Waals surface area contributed by atoms with Crippen LogP contribution in [0.1, 0.15) is 106 Å². The van der Waals surface area contributed by atoms with Crippen LogP contribution >= 0.6 is 0 Å². The zero-order valence-corrected chi connectivity index (χ0v) is 29.2. The number of amides is 6. The number of nitrogens with two attached hydrogens (primary N) is 1. The van der Waals surface area contributed by atoms with Gasteiger partial charge in [0.2, 0.25) is 17.6 Å². The van der Waals surface area contributed by atoms with E-state index in [4.69, 9.17) is 10.5 Å². The molecule has 0 spiro atoms. The lowest BCUT2D eigenvalue weighted by atomic mass is 9.80. The number of primary amides is 1. The summed E-state index contributed by atoms with van der Waals surface area (Å²) >= 11 is 0. The molecule has 266 valence electrons. The van der Waals surface area contributed by atoms with Gasteiger partial charge in [0.1, 0.15) is 18.7 Å². The first-order valence-corrected chi connectivity index (χ1v) is 17.6. The quantitative estimate of drug-likeness (QED) is 0.177. The van der Waals surface area contributed by atoms with Crippen LogP contribution in [0, 0.1) is 29.1 Å². The van der Waals surface area contributed by atoms with Gasteiger partial charge in [-0.3, -0.25) is 19.2 Å². The van der Waals surface area contributed by atoms with Crippen LogP contribution in [0.5, 0.6) is 0 Å². The molecule has 47 heavy (non-hydrogen) atoms. The fraction of sp³-hybridized carbons (Fsp3) is 0.824. The number of hydrogen-bond acceptors (Lipinski definition) is 7. The van der Waals surface area contributed by atoms with E-state index in [1.54, 1.807) is 11.8 Å². The van der Waals surface area contributed by atoms with Gasteiger partial charge in [-0.15, -0.1) is 0 Å². The predicted octanol–water partition coefficient (Wildman–Crippen LogP) is 3.00. The van der Waals surface area contributed by atoms with Crippen molar-refractivity contribution in [2.24, 2.45) is 34.8 Å². The van der Waals surface area contributed by atoms with E-state index in [0.717, 1.165) is 51.4 Å². The molecule has 0 aromatic heterocycles. The number of likely N-dealkylation sites (tertiary alicyclic amines) is 1. The molecule has 3 rings (SSSR count). The van der Waals surface area contributed by atoms with Crippen LogP contribution in [0.2, 0.25) is 0 Å². The number of ketones is 1. The number of carbonyl (C=O) groups is 6. The van der Waals surface area contributed by atoms with E-state index in [2.05, 4.69) is 21.3 Å². The van der Waals surface area contributed by atoms with Crippen molar-refractivity contribution in [2.45, 2.75) is 130 Å². The predicted molar refractivity (Wildman–Crippen MR) is 177 cm³/mol. The van der Waals surface area contributed by atoms with E-state index in [1.165, 1.54) is 0 Å². The highest BCUT2D eigenvalue weighted by Gasteiger charge is 2.47. The smallest absolute Gasteiger partial charge is 0.407 e. The summed E-state index contributed by atoms with van der Waals surface area (Å²) in [7, 11) is 0. The number of Topliss-reactive ketones (excluding diaryl/α,β-unsaturated/α-hetero) is 1. The number of nitrogens with one attached hydrogen (secondary N) is 4. The Kier molecular flexibility index (Phi) is 13.9. The molecule has 5 atom stereocenters. The zero-order chi connectivity index (χ0) is 34.9. The van der Waals surface area contributed by atoms with Crippen molar-refractivity contribution in [1.82, 2.24) is 26.2 Å². The van der Waals surface area contributed by atoms with Crippen LogP contribution < -0.4 is 27.0 Å². The highest BCUT2D eigenvalue weighted by Crippen LogP contribution is 2.35. The SMILES string of the molecule is CCNC(=O)OC[C@@H](NC(=O)N[C@H](C(=O)N1CCC(C(C)C)[C@H]1C(=O)NC(CC1CCC1)C(=O)C(N)=O)C1CCCCC1)C(C)(C)C. The minimum absolute atomic E-state index is 0.0543. The summed E-state index contributed by atoms with van der Waals surface area (Å²) in [6.45, 7) is 12.2. The van der Waals surface area contributed by atoms with Gasteiger partial charge in [-0.2, -0.15) is 0 Å². The maximum Gasteiger partial charge on any atom is 0.407 e. The number of rotatable bonds is 14. The molecule has 2 unspecified atom stereocenters. The maximum absolute atomic E-state index is 14.5. The molecule has 0 bridgehead atoms. The highest BCUT2D eigenvalue weighted by atomic mass is 16.5. The standard InChI is InChI=1S/C34H58N6O7/c1-7-36-33(46)47-19-25(34(4,5)6)38-32(45)39-26(22-14-9-8-10-15-22)31(44)40-17-16-23(20(2)3)27(40)30(43)37-24(28(41)29(35)42)18-21-12-11-13-21/h20-27H,7-19H2,1-6H3,(H2,35,42)(H,36,46)(H,37,43)(H2,38,39,45)/t23?,24?,25-,26+,27+/m1/s1. The molecule has 0 aromatic carbocycles. The Morgan fingerprint density at radius 3 is 2.09 bits per heavy atom. The minimum atomic E-state index is -1.09. The summed E-state index contributed by atoms with van der Waals surface area (Å²) in [6.07, 6.45) is 7.66. The van der Waals surface area contributed by atoms with Crippen molar-refractivity contribution < 1.29 is 33.5 Å². The first-order chi connectivity index (χ1) is 22.1. The second-order valence-corrected chi connectivity index (χ2v) is 15.0. The molecule has 2 saturated carbocycles. The molecule has 3 fully saturated rings. The van der Waals surface area contributed by atoms with Gasteiger partial charge >= 0.3 is 12.1 Å². The van der Waals surface area contributed by atoms with Crippen LogP contribution in [0.25, 0.3) is 0 Å². The normalized spacial score (nSPS) is 22.4. The molecule has 2 aliphatic carbocycles.